The highest BCUT2D eigenvalue weighted by atomic mass is 16.2. The maximum atomic E-state index is 12.1. The van der Waals surface area contributed by atoms with Crippen molar-refractivity contribution in [3.8, 4) is 0 Å². The Morgan fingerprint density at radius 3 is 2.54 bits per heavy atom. The summed E-state index contributed by atoms with van der Waals surface area (Å²) in [6.07, 6.45) is 2.97. The molecular formula is C23H29N3O2. The van der Waals surface area contributed by atoms with E-state index in [2.05, 4.69) is 54.6 Å². The molecule has 5 heteroatoms. The topological polar surface area (TPSA) is 61.4 Å². The number of nitrogens with zero attached hydrogens (tertiary/aromatic N) is 1. The van der Waals surface area contributed by atoms with Crippen molar-refractivity contribution in [3.05, 3.63) is 59.2 Å². The van der Waals surface area contributed by atoms with Crippen molar-refractivity contribution in [2.45, 2.75) is 39.0 Å². The third kappa shape index (κ3) is 4.91. The number of aryl methyl sites for hydroxylation is 1. The predicted octanol–water partition coefficient (Wildman–Crippen LogP) is 3.49. The van der Waals surface area contributed by atoms with Gasteiger partial charge < -0.3 is 15.5 Å². The predicted molar refractivity (Wildman–Crippen MR) is 114 cm³/mol. The lowest BCUT2D eigenvalue weighted by Gasteiger charge is -2.27. The van der Waals surface area contributed by atoms with Crippen molar-refractivity contribution in [2.75, 3.05) is 30.4 Å². The average Bonchev–Trinajstić information content (AvgIpc) is 2.68. The number of nitrogens with one attached hydrogen (secondary N) is 2. The first-order valence-corrected chi connectivity index (χ1v) is 9.96. The van der Waals surface area contributed by atoms with Crippen LogP contribution in [0.4, 0.5) is 11.4 Å². The minimum atomic E-state index is -0.635. The molecule has 2 amide bonds. The van der Waals surface area contributed by atoms with Gasteiger partial charge in [-0.15, -0.1) is 0 Å². The largest absolute Gasteiger partial charge is 0.374 e. The summed E-state index contributed by atoms with van der Waals surface area (Å²) in [5.41, 5.74) is 5.66. The Hall–Kier alpha value is -2.82. The number of fused-ring (bicyclic) bond motifs is 1. The van der Waals surface area contributed by atoms with Crippen LogP contribution < -0.4 is 15.5 Å². The van der Waals surface area contributed by atoms with E-state index in [1.807, 2.05) is 24.3 Å². The zero-order valence-electron chi connectivity index (χ0n) is 16.9. The standard InChI is InChI=1S/C23H29N3O2/c1-16(2)18-7-9-20(10-8-18)25-23(28)22(27)24-13-12-17-6-11-21-19(15-17)5-4-14-26(21)3/h6-11,15-16H,4-5,12-14H2,1-3H3,(H,24,27)(H,25,28). The van der Waals surface area contributed by atoms with Gasteiger partial charge in [0.1, 0.15) is 0 Å². The molecule has 0 atom stereocenters. The van der Waals surface area contributed by atoms with Gasteiger partial charge in [0.2, 0.25) is 0 Å². The Labute approximate surface area is 167 Å². The van der Waals surface area contributed by atoms with Gasteiger partial charge in [-0.25, -0.2) is 0 Å². The first-order valence-electron chi connectivity index (χ1n) is 9.96. The molecule has 0 aliphatic carbocycles. The summed E-state index contributed by atoms with van der Waals surface area (Å²) in [5.74, 6) is -0.813. The van der Waals surface area contributed by atoms with E-state index in [0.29, 0.717) is 24.6 Å². The maximum absolute atomic E-state index is 12.1. The van der Waals surface area contributed by atoms with Gasteiger partial charge in [0.05, 0.1) is 0 Å². The summed E-state index contributed by atoms with van der Waals surface area (Å²) in [6.45, 7) is 5.76. The molecule has 0 radical (unpaired) electrons. The molecule has 0 fully saturated rings. The van der Waals surface area contributed by atoms with Crippen LogP contribution in [0.5, 0.6) is 0 Å². The van der Waals surface area contributed by atoms with Gasteiger partial charge in [-0.1, -0.05) is 38.1 Å². The molecule has 2 aromatic rings. The first kappa shape index (κ1) is 19.9. The number of hydrogen-bond donors (Lipinski definition) is 2. The van der Waals surface area contributed by atoms with Crippen molar-refractivity contribution in [1.82, 2.24) is 5.32 Å². The van der Waals surface area contributed by atoms with Gasteiger partial charge in [-0.05, 0) is 60.1 Å². The molecule has 0 saturated heterocycles. The lowest BCUT2D eigenvalue weighted by molar-refractivity contribution is -0.136. The number of rotatable bonds is 5. The second-order valence-corrected chi connectivity index (χ2v) is 7.72. The Balaban J connectivity index is 1.48. The highest BCUT2D eigenvalue weighted by Gasteiger charge is 2.15. The molecule has 2 N–H and O–H groups in total. The Bertz CT molecular complexity index is 843. The summed E-state index contributed by atoms with van der Waals surface area (Å²) in [4.78, 5) is 26.4. The van der Waals surface area contributed by atoms with E-state index in [-0.39, 0.29) is 0 Å². The maximum Gasteiger partial charge on any atom is 0.313 e. The number of carbonyl (C=O) groups is 2. The molecule has 5 nitrogen and oxygen atoms in total. The van der Waals surface area contributed by atoms with E-state index < -0.39 is 11.8 Å². The summed E-state index contributed by atoms with van der Waals surface area (Å²) in [6, 6.07) is 14.0. The Morgan fingerprint density at radius 2 is 1.82 bits per heavy atom. The first-order chi connectivity index (χ1) is 13.4. The molecule has 0 aromatic heterocycles. The van der Waals surface area contributed by atoms with Crippen molar-refractivity contribution >= 4 is 23.2 Å². The van der Waals surface area contributed by atoms with Crippen molar-refractivity contribution in [1.29, 1.82) is 0 Å². The molecule has 1 heterocycles. The van der Waals surface area contributed by atoms with Crippen LogP contribution in [0.15, 0.2) is 42.5 Å². The zero-order chi connectivity index (χ0) is 20.1. The van der Waals surface area contributed by atoms with Crippen LogP contribution in [0.1, 0.15) is 42.9 Å². The fourth-order valence-corrected chi connectivity index (χ4v) is 3.53. The van der Waals surface area contributed by atoms with Gasteiger partial charge in [-0.3, -0.25) is 9.59 Å². The van der Waals surface area contributed by atoms with Crippen LogP contribution in [-0.2, 0) is 22.4 Å². The zero-order valence-corrected chi connectivity index (χ0v) is 16.9. The van der Waals surface area contributed by atoms with Gasteiger partial charge >= 0.3 is 11.8 Å². The van der Waals surface area contributed by atoms with E-state index in [9.17, 15) is 9.59 Å². The smallest absolute Gasteiger partial charge is 0.313 e. The van der Waals surface area contributed by atoms with Crippen LogP contribution in [0.3, 0.4) is 0 Å². The second kappa shape index (κ2) is 8.91. The monoisotopic (exact) mass is 379 g/mol. The fraction of sp³-hybridized carbons (Fsp3) is 0.391. The SMILES string of the molecule is CC(C)c1ccc(NC(=O)C(=O)NCCc2ccc3c(c2)CCCN3C)cc1. The highest BCUT2D eigenvalue weighted by Crippen LogP contribution is 2.26. The molecule has 2 aromatic carbocycles. The minimum absolute atomic E-state index is 0.428. The van der Waals surface area contributed by atoms with Crippen LogP contribution >= 0.6 is 0 Å². The lowest BCUT2D eigenvalue weighted by Crippen LogP contribution is -2.36. The van der Waals surface area contributed by atoms with Gasteiger partial charge in [-0.2, -0.15) is 0 Å². The molecule has 148 valence electrons. The Morgan fingerprint density at radius 1 is 1.07 bits per heavy atom. The van der Waals surface area contributed by atoms with Crippen LogP contribution in [0, 0.1) is 0 Å². The number of anilines is 2. The molecule has 0 spiro atoms. The molecule has 1 aliphatic heterocycles. The van der Waals surface area contributed by atoms with E-state index in [4.69, 9.17) is 0 Å². The molecular weight excluding hydrogens is 350 g/mol. The molecule has 1 aliphatic rings. The van der Waals surface area contributed by atoms with Crippen LogP contribution in [-0.4, -0.2) is 32.0 Å². The number of benzene rings is 2. The second-order valence-electron chi connectivity index (χ2n) is 7.72. The normalized spacial score (nSPS) is 13.2. The third-order valence-corrected chi connectivity index (χ3v) is 5.24. The fourth-order valence-electron chi connectivity index (χ4n) is 3.53. The van der Waals surface area contributed by atoms with E-state index in [1.54, 1.807) is 0 Å². The lowest BCUT2D eigenvalue weighted by atomic mass is 9.98. The van der Waals surface area contributed by atoms with Gasteiger partial charge in [0, 0.05) is 31.5 Å². The van der Waals surface area contributed by atoms with E-state index >= 15 is 0 Å². The van der Waals surface area contributed by atoms with Crippen LogP contribution in [0.2, 0.25) is 0 Å². The number of amides is 2. The highest BCUT2D eigenvalue weighted by molar-refractivity contribution is 6.39. The van der Waals surface area contributed by atoms with Crippen LogP contribution in [0.25, 0.3) is 0 Å². The molecule has 0 bridgehead atoms. The summed E-state index contributed by atoms with van der Waals surface area (Å²) in [7, 11) is 2.12. The Kier molecular flexibility index (Phi) is 6.34. The summed E-state index contributed by atoms with van der Waals surface area (Å²) >= 11 is 0. The number of carbonyl (C=O) groups excluding carboxylic acids is 2. The van der Waals surface area contributed by atoms with Crippen molar-refractivity contribution in [3.63, 3.8) is 0 Å². The quantitative estimate of drug-likeness (QED) is 0.782. The average molecular weight is 380 g/mol. The summed E-state index contributed by atoms with van der Waals surface area (Å²) < 4.78 is 0. The minimum Gasteiger partial charge on any atom is -0.374 e. The summed E-state index contributed by atoms with van der Waals surface area (Å²) in [5, 5.41) is 5.35. The number of hydrogen-bond acceptors (Lipinski definition) is 3. The molecule has 0 saturated carbocycles. The van der Waals surface area contributed by atoms with Crippen molar-refractivity contribution < 1.29 is 9.59 Å². The third-order valence-electron chi connectivity index (χ3n) is 5.24. The van der Waals surface area contributed by atoms with E-state index in [1.165, 1.54) is 28.8 Å². The molecule has 3 rings (SSSR count). The molecule has 28 heavy (non-hydrogen) atoms. The van der Waals surface area contributed by atoms with Crippen molar-refractivity contribution in [2.24, 2.45) is 0 Å². The van der Waals surface area contributed by atoms with Gasteiger partial charge in [0.25, 0.3) is 0 Å². The van der Waals surface area contributed by atoms with E-state index in [0.717, 1.165) is 13.0 Å². The molecule has 0 unspecified atom stereocenters. The van der Waals surface area contributed by atoms with Gasteiger partial charge in [0.15, 0.2) is 0 Å².